The zero-order valence-corrected chi connectivity index (χ0v) is 13.8. The Kier molecular flexibility index (Phi) is 3.96. The van der Waals surface area contributed by atoms with Crippen LogP contribution >= 0.6 is 12.2 Å². The first-order valence-corrected chi connectivity index (χ1v) is 8.24. The molecule has 3 aromatic rings. The predicted molar refractivity (Wildman–Crippen MR) is 96.0 cm³/mol. The third-order valence-corrected chi connectivity index (χ3v) is 4.59. The fourth-order valence-corrected chi connectivity index (χ4v) is 3.43. The number of aromatic amines is 1. The maximum absolute atomic E-state index is 5.63. The minimum atomic E-state index is 0.0131. The second-order valence-electron chi connectivity index (χ2n) is 5.74. The molecule has 0 aromatic carbocycles. The average molecular weight is 335 g/mol. The molecule has 0 bridgehead atoms. The van der Waals surface area contributed by atoms with E-state index in [2.05, 4.69) is 31.2 Å². The zero-order valence-electron chi connectivity index (χ0n) is 13.0. The van der Waals surface area contributed by atoms with Crippen LogP contribution in [0, 0.1) is 0 Å². The number of nitrogens with zero attached hydrogens (tertiary/aromatic N) is 3. The summed E-state index contributed by atoms with van der Waals surface area (Å²) in [6.07, 6.45) is 7.37. The fraction of sp³-hybridized carbons (Fsp3) is 0.167. The van der Waals surface area contributed by atoms with E-state index in [0.717, 1.165) is 23.0 Å². The lowest BCUT2D eigenvalue weighted by molar-refractivity contribution is 0.306. The Balaban J connectivity index is 1.71. The number of hydrogen-bond donors (Lipinski definition) is 2. The smallest absolute Gasteiger partial charge is 0.170 e. The van der Waals surface area contributed by atoms with Crippen molar-refractivity contribution >= 4 is 17.3 Å². The van der Waals surface area contributed by atoms with E-state index >= 15 is 0 Å². The van der Waals surface area contributed by atoms with Gasteiger partial charge in [0.1, 0.15) is 0 Å². The second kappa shape index (κ2) is 6.41. The molecule has 0 amide bonds. The minimum Gasteiger partial charge on any atom is -0.363 e. The number of hydrogen-bond acceptors (Lipinski definition) is 3. The molecular weight excluding hydrogens is 318 g/mol. The first-order valence-electron chi connectivity index (χ1n) is 7.83. The summed E-state index contributed by atoms with van der Waals surface area (Å²) in [6.45, 7) is 0.724. The SMILES string of the molecule is S=C1N[C@@H](c2ccccn2)[C@H](c2ccc[nH]2)N1Cc1ccncc1. The van der Waals surface area contributed by atoms with E-state index in [0.29, 0.717) is 0 Å². The van der Waals surface area contributed by atoms with Gasteiger partial charge in [-0.3, -0.25) is 9.97 Å². The first kappa shape index (κ1) is 14.8. The lowest BCUT2D eigenvalue weighted by Gasteiger charge is -2.27. The molecule has 6 heteroatoms. The summed E-state index contributed by atoms with van der Waals surface area (Å²) in [5.74, 6) is 0. The van der Waals surface area contributed by atoms with Gasteiger partial charge in [-0.15, -0.1) is 0 Å². The van der Waals surface area contributed by atoms with Crippen LogP contribution in [0.3, 0.4) is 0 Å². The third-order valence-electron chi connectivity index (χ3n) is 4.24. The fourth-order valence-electron chi connectivity index (χ4n) is 3.13. The number of aromatic nitrogens is 3. The maximum atomic E-state index is 5.63. The van der Waals surface area contributed by atoms with Crippen LogP contribution in [0.1, 0.15) is 29.0 Å². The molecule has 2 N–H and O–H groups in total. The van der Waals surface area contributed by atoms with Crippen molar-refractivity contribution in [1.82, 2.24) is 25.2 Å². The van der Waals surface area contributed by atoms with Gasteiger partial charge in [-0.25, -0.2) is 0 Å². The Hall–Kier alpha value is -2.73. The van der Waals surface area contributed by atoms with Crippen LogP contribution in [0.5, 0.6) is 0 Å². The van der Waals surface area contributed by atoms with E-state index in [1.54, 1.807) is 0 Å². The van der Waals surface area contributed by atoms with E-state index in [4.69, 9.17) is 12.2 Å². The molecule has 0 radical (unpaired) electrons. The number of pyridine rings is 2. The normalized spacial score (nSPS) is 20.2. The highest BCUT2D eigenvalue weighted by atomic mass is 32.1. The van der Waals surface area contributed by atoms with E-state index in [9.17, 15) is 0 Å². The standard InChI is InChI=1S/C18H17N5S/c24-18-22-16(14-4-1-2-8-20-14)17(15-5-3-9-21-15)23(18)12-13-6-10-19-11-7-13/h1-11,16-17,21H,12H2,(H,22,24)/t16-,17-/m0/s1. The van der Waals surface area contributed by atoms with Gasteiger partial charge in [-0.1, -0.05) is 6.07 Å². The molecule has 120 valence electrons. The van der Waals surface area contributed by atoms with Crippen molar-refractivity contribution in [2.24, 2.45) is 0 Å². The number of rotatable bonds is 4. The van der Waals surface area contributed by atoms with E-state index in [1.807, 2.05) is 61.2 Å². The molecule has 0 spiro atoms. The molecule has 1 aliphatic rings. The number of H-pyrrole nitrogens is 1. The van der Waals surface area contributed by atoms with E-state index in [-0.39, 0.29) is 12.1 Å². The molecule has 24 heavy (non-hydrogen) atoms. The zero-order chi connectivity index (χ0) is 16.4. The molecule has 0 unspecified atom stereocenters. The summed E-state index contributed by atoms with van der Waals surface area (Å²) in [6, 6.07) is 14.2. The molecule has 3 aromatic heterocycles. The largest absolute Gasteiger partial charge is 0.363 e. The molecule has 1 saturated heterocycles. The monoisotopic (exact) mass is 335 g/mol. The van der Waals surface area contributed by atoms with Crippen molar-refractivity contribution in [3.8, 4) is 0 Å². The van der Waals surface area contributed by atoms with Crippen LogP contribution < -0.4 is 5.32 Å². The van der Waals surface area contributed by atoms with Crippen LogP contribution in [-0.2, 0) is 6.54 Å². The van der Waals surface area contributed by atoms with Gasteiger partial charge in [0, 0.05) is 37.0 Å². The van der Waals surface area contributed by atoms with E-state index in [1.165, 1.54) is 5.56 Å². The van der Waals surface area contributed by atoms with Gasteiger partial charge in [0.2, 0.25) is 0 Å². The highest BCUT2D eigenvalue weighted by Crippen LogP contribution is 2.38. The van der Waals surface area contributed by atoms with Crippen molar-refractivity contribution in [3.05, 3.63) is 84.2 Å². The Morgan fingerprint density at radius 2 is 1.92 bits per heavy atom. The quantitative estimate of drug-likeness (QED) is 0.718. The third kappa shape index (κ3) is 2.76. The van der Waals surface area contributed by atoms with Gasteiger partial charge >= 0.3 is 0 Å². The highest BCUT2D eigenvalue weighted by Gasteiger charge is 2.40. The molecule has 1 fully saturated rings. The van der Waals surface area contributed by atoms with Gasteiger partial charge in [0.25, 0.3) is 0 Å². The molecule has 2 atom stereocenters. The molecular formula is C18H17N5S. The van der Waals surface area contributed by atoms with Crippen molar-refractivity contribution < 1.29 is 0 Å². The molecule has 5 nitrogen and oxygen atoms in total. The summed E-state index contributed by atoms with van der Waals surface area (Å²) in [4.78, 5) is 14.1. The average Bonchev–Trinajstić information content (AvgIpc) is 3.25. The number of thiocarbonyl (C=S) groups is 1. The van der Waals surface area contributed by atoms with Crippen LogP contribution in [0.4, 0.5) is 0 Å². The lowest BCUT2D eigenvalue weighted by Crippen LogP contribution is -2.29. The van der Waals surface area contributed by atoms with Crippen molar-refractivity contribution in [2.45, 2.75) is 18.6 Å². The Bertz CT molecular complexity index is 804. The Labute approximate surface area is 145 Å². The molecule has 4 rings (SSSR count). The molecule has 0 aliphatic carbocycles. The van der Waals surface area contributed by atoms with Gasteiger partial charge in [-0.2, -0.15) is 0 Å². The van der Waals surface area contributed by atoms with Crippen molar-refractivity contribution in [3.63, 3.8) is 0 Å². The lowest BCUT2D eigenvalue weighted by atomic mass is 10.0. The van der Waals surface area contributed by atoms with Crippen LogP contribution in [0.15, 0.2) is 67.3 Å². The van der Waals surface area contributed by atoms with Crippen molar-refractivity contribution in [2.75, 3.05) is 0 Å². The van der Waals surface area contributed by atoms with Crippen LogP contribution in [-0.4, -0.2) is 25.0 Å². The summed E-state index contributed by atoms with van der Waals surface area (Å²) in [5.41, 5.74) is 3.27. The highest BCUT2D eigenvalue weighted by molar-refractivity contribution is 7.80. The summed E-state index contributed by atoms with van der Waals surface area (Å²) in [7, 11) is 0. The van der Waals surface area contributed by atoms with Gasteiger partial charge in [-0.05, 0) is 54.2 Å². The van der Waals surface area contributed by atoms with Crippen molar-refractivity contribution in [1.29, 1.82) is 0 Å². The van der Waals surface area contributed by atoms with Gasteiger partial charge in [0.05, 0.1) is 17.8 Å². The van der Waals surface area contributed by atoms with Crippen LogP contribution in [0.25, 0.3) is 0 Å². The Morgan fingerprint density at radius 3 is 2.62 bits per heavy atom. The molecule has 1 aliphatic heterocycles. The topological polar surface area (TPSA) is 56.8 Å². The maximum Gasteiger partial charge on any atom is 0.170 e. The molecule has 4 heterocycles. The second-order valence-corrected chi connectivity index (χ2v) is 6.12. The minimum absolute atomic E-state index is 0.0131. The Morgan fingerprint density at radius 1 is 1.04 bits per heavy atom. The first-order chi connectivity index (χ1) is 11.8. The predicted octanol–water partition coefficient (Wildman–Crippen LogP) is 2.98. The van der Waals surface area contributed by atoms with Gasteiger partial charge < -0.3 is 15.2 Å². The summed E-state index contributed by atoms with van der Waals surface area (Å²) >= 11 is 5.63. The van der Waals surface area contributed by atoms with E-state index < -0.39 is 0 Å². The summed E-state index contributed by atoms with van der Waals surface area (Å²) < 4.78 is 0. The van der Waals surface area contributed by atoms with Crippen LogP contribution in [0.2, 0.25) is 0 Å². The van der Waals surface area contributed by atoms with Gasteiger partial charge in [0.15, 0.2) is 5.11 Å². The molecule has 0 saturated carbocycles. The summed E-state index contributed by atoms with van der Waals surface area (Å²) in [5, 5.41) is 4.18. The number of nitrogens with one attached hydrogen (secondary N) is 2.